The quantitative estimate of drug-likeness (QED) is 0.583. The Bertz CT molecular complexity index is 1170. The maximum Gasteiger partial charge on any atom is 0.344 e. The predicted octanol–water partition coefficient (Wildman–Crippen LogP) is 5.53. The average Bonchev–Trinajstić information content (AvgIpc) is 3.16. The number of carboxylic acids is 1. The minimum atomic E-state index is -1.16. The van der Waals surface area contributed by atoms with Gasteiger partial charge in [-0.25, -0.2) is 18.6 Å². The first-order valence-corrected chi connectivity index (χ1v) is 10.8. The number of hydrogen-bond donors (Lipinski definition) is 2. The zero-order valence-electron chi connectivity index (χ0n) is 17.0. The number of nitrogen functional groups attached to an aromatic ring is 1. The van der Waals surface area contributed by atoms with Gasteiger partial charge < -0.3 is 15.7 Å². The summed E-state index contributed by atoms with van der Waals surface area (Å²) in [5, 5.41) is 10.1. The molecule has 162 valence electrons. The molecule has 2 atom stereocenters. The van der Waals surface area contributed by atoms with E-state index in [1.807, 2.05) is 13.8 Å². The lowest BCUT2D eigenvalue weighted by Crippen LogP contribution is -2.36. The lowest BCUT2D eigenvalue weighted by atomic mass is 9.80. The fourth-order valence-corrected chi connectivity index (χ4v) is 5.61. The summed E-state index contributed by atoms with van der Waals surface area (Å²) >= 11 is 6.92. The third kappa shape index (κ3) is 3.38. The van der Waals surface area contributed by atoms with Crippen molar-refractivity contribution in [1.29, 1.82) is 0 Å². The third-order valence-corrected chi connectivity index (χ3v) is 6.91. The van der Waals surface area contributed by atoms with E-state index in [9.17, 15) is 14.3 Å². The van der Waals surface area contributed by atoms with Crippen molar-refractivity contribution in [2.24, 2.45) is 10.9 Å². The summed E-state index contributed by atoms with van der Waals surface area (Å²) < 4.78 is 29.5. The van der Waals surface area contributed by atoms with Gasteiger partial charge in [0.1, 0.15) is 22.1 Å². The van der Waals surface area contributed by atoms with Crippen molar-refractivity contribution in [1.82, 2.24) is 4.90 Å². The van der Waals surface area contributed by atoms with Gasteiger partial charge in [-0.2, -0.15) is 0 Å². The number of nitrogens with zero attached hydrogens (tertiary/aromatic N) is 2. The summed E-state index contributed by atoms with van der Waals surface area (Å²) in [5.74, 6) is -2.38. The van der Waals surface area contributed by atoms with Crippen LogP contribution >= 0.6 is 23.4 Å². The summed E-state index contributed by atoms with van der Waals surface area (Å²) in [6, 6.07) is 8.07. The van der Waals surface area contributed by atoms with Crippen LogP contribution in [0.3, 0.4) is 0 Å². The molecule has 2 aliphatic rings. The minimum absolute atomic E-state index is 0.0371. The molecule has 2 aromatic rings. The lowest BCUT2D eigenvalue weighted by Gasteiger charge is -2.37. The van der Waals surface area contributed by atoms with Gasteiger partial charge in [0.2, 0.25) is 0 Å². The van der Waals surface area contributed by atoms with E-state index < -0.39 is 29.2 Å². The van der Waals surface area contributed by atoms with Gasteiger partial charge in [0.15, 0.2) is 5.17 Å². The summed E-state index contributed by atoms with van der Waals surface area (Å²) in [4.78, 5) is 18.6. The topological polar surface area (TPSA) is 78.9 Å². The van der Waals surface area contributed by atoms with Crippen LogP contribution in [-0.4, -0.2) is 21.1 Å². The number of allylic oxidation sites excluding steroid dienone is 1. The Balaban J connectivity index is 1.97. The summed E-state index contributed by atoms with van der Waals surface area (Å²) in [6.45, 7) is 5.50. The van der Waals surface area contributed by atoms with Gasteiger partial charge in [0, 0.05) is 16.9 Å². The number of aliphatic carboxylic acids is 1. The molecule has 2 aromatic carbocycles. The first kappa shape index (κ1) is 21.6. The smallest absolute Gasteiger partial charge is 0.344 e. The number of rotatable bonds is 4. The van der Waals surface area contributed by atoms with E-state index in [1.54, 1.807) is 30.0 Å². The van der Waals surface area contributed by atoms with Crippen molar-refractivity contribution in [3.8, 4) is 0 Å². The molecule has 0 aromatic heterocycles. The van der Waals surface area contributed by atoms with E-state index in [4.69, 9.17) is 22.3 Å². The molecule has 9 heteroatoms. The van der Waals surface area contributed by atoms with Crippen LogP contribution in [0.2, 0.25) is 5.02 Å². The Kier molecular flexibility index (Phi) is 5.26. The zero-order chi connectivity index (χ0) is 22.7. The normalized spacial score (nSPS) is 22.9. The van der Waals surface area contributed by atoms with Gasteiger partial charge in [-0.05, 0) is 54.4 Å². The van der Waals surface area contributed by atoms with Crippen LogP contribution in [0.15, 0.2) is 52.0 Å². The molecule has 3 N–H and O–H groups in total. The molecule has 0 saturated heterocycles. The van der Waals surface area contributed by atoms with E-state index in [2.05, 4.69) is 0 Å². The molecule has 0 radical (unpaired) electrons. The lowest BCUT2D eigenvalue weighted by molar-refractivity contribution is -0.131. The second kappa shape index (κ2) is 7.53. The summed E-state index contributed by atoms with van der Waals surface area (Å²) in [6.07, 6.45) is 0. The monoisotopic (exact) mass is 463 g/mol. The van der Waals surface area contributed by atoms with Gasteiger partial charge in [0.25, 0.3) is 0 Å². The Labute approximate surface area is 187 Å². The number of carboxylic acid groups (broad SMARTS) is 1. The highest BCUT2D eigenvalue weighted by molar-refractivity contribution is 8.18. The van der Waals surface area contributed by atoms with E-state index in [-0.39, 0.29) is 27.1 Å². The number of fused-ring (bicyclic) bond motifs is 1. The van der Waals surface area contributed by atoms with Crippen LogP contribution in [0, 0.1) is 17.6 Å². The first-order chi connectivity index (χ1) is 14.5. The van der Waals surface area contributed by atoms with Gasteiger partial charge in [-0.15, -0.1) is 0 Å². The van der Waals surface area contributed by atoms with Crippen molar-refractivity contribution < 1.29 is 18.7 Å². The number of amidine groups is 1. The molecule has 0 bridgehead atoms. The van der Waals surface area contributed by atoms with E-state index in [1.165, 1.54) is 18.2 Å². The van der Waals surface area contributed by atoms with Crippen molar-refractivity contribution in [3.63, 3.8) is 0 Å². The SMILES string of the molecule is CC(C)C1=C(C(=O)O)SC2=NC(C)(c3ccc(N)cc3F)C(c3ccc(Cl)c(F)c3)N21. The molecular weight excluding hydrogens is 444 g/mol. The number of carbonyl (C=O) groups is 1. The Hall–Kier alpha value is -2.58. The van der Waals surface area contributed by atoms with E-state index >= 15 is 4.39 Å². The summed E-state index contributed by atoms with van der Waals surface area (Å²) in [7, 11) is 0. The van der Waals surface area contributed by atoms with Gasteiger partial charge in [0.05, 0.1) is 11.1 Å². The molecule has 0 amide bonds. The van der Waals surface area contributed by atoms with E-state index in [0.717, 1.165) is 11.8 Å². The number of thioether (sulfide) groups is 1. The molecule has 0 aliphatic carbocycles. The Morgan fingerprint density at radius 1 is 1.26 bits per heavy atom. The first-order valence-electron chi connectivity index (χ1n) is 9.59. The molecule has 31 heavy (non-hydrogen) atoms. The van der Waals surface area contributed by atoms with Crippen LogP contribution in [0.5, 0.6) is 0 Å². The highest BCUT2D eigenvalue weighted by atomic mass is 35.5. The summed E-state index contributed by atoms with van der Waals surface area (Å²) in [5.41, 5.74) is 6.18. The Morgan fingerprint density at radius 2 is 1.97 bits per heavy atom. The standard InChI is InChI=1S/C22H20ClF2N3O2S/c1-10(2)17-18(20(29)30)31-21-27-22(3,13-6-5-12(26)9-15(13)24)19(28(17)21)11-4-7-14(23)16(25)8-11/h4-10,19H,26H2,1-3H3,(H,29,30). The predicted molar refractivity (Wildman–Crippen MR) is 119 cm³/mol. The molecule has 4 rings (SSSR count). The van der Waals surface area contributed by atoms with Crippen LogP contribution in [0.4, 0.5) is 14.5 Å². The third-order valence-electron chi connectivity index (χ3n) is 5.55. The minimum Gasteiger partial charge on any atom is -0.477 e. The van der Waals surface area contributed by atoms with Crippen LogP contribution in [0.1, 0.15) is 37.9 Å². The second-order valence-electron chi connectivity index (χ2n) is 8.00. The molecule has 0 fully saturated rings. The molecule has 2 unspecified atom stereocenters. The van der Waals surface area contributed by atoms with Crippen molar-refractivity contribution in [2.45, 2.75) is 32.4 Å². The zero-order valence-corrected chi connectivity index (χ0v) is 18.6. The molecule has 0 spiro atoms. The van der Waals surface area contributed by atoms with Crippen LogP contribution in [-0.2, 0) is 10.3 Å². The molecule has 2 aliphatic heterocycles. The van der Waals surface area contributed by atoms with Crippen molar-refractivity contribution in [3.05, 3.63) is 74.8 Å². The molecular formula is C22H20ClF2N3O2S. The number of aliphatic imine (C=N–C) groups is 1. The maximum absolute atomic E-state index is 15.0. The van der Waals surface area contributed by atoms with Crippen LogP contribution < -0.4 is 5.73 Å². The van der Waals surface area contributed by atoms with Gasteiger partial charge in [-0.1, -0.05) is 37.6 Å². The van der Waals surface area contributed by atoms with Gasteiger partial charge >= 0.3 is 5.97 Å². The number of nitrogens with two attached hydrogens (primary N) is 1. The van der Waals surface area contributed by atoms with Crippen molar-refractivity contribution >= 4 is 40.2 Å². The largest absolute Gasteiger partial charge is 0.477 e. The van der Waals surface area contributed by atoms with Gasteiger partial charge in [-0.3, -0.25) is 0 Å². The molecule has 5 nitrogen and oxygen atoms in total. The Morgan fingerprint density at radius 3 is 2.55 bits per heavy atom. The maximum atomic E-state index is 15.0. The molecule has 2 heterocycles. The fraction of sp³-hybridized carbons (Fsp3) is 0.273. The number of hydrogen-bond acceptors (Lipinski definition) is 5. The number of anilines is 1. The van der Waals surface area contributed by atoms with Crippen molar-refractivity contribution in [2.75, 3.05) is 5.73 Å². The fourth-order valence-electron chi connectivity index (χ4n) is 4.24. The number of halogens is 3. The highest BCUT2D eigenvalue weighted by Gasteiger charge is 2.54. The number of benzene rings is 2. The molecule has 0 saturated carbocycles. The van der Waals surface area contributed by atoms with E-state index in [0.29, 0.717) is 16.4 Å². The average molecular weight is 464 g/mol. The highest BCUT2D eigenvalue weighted by Crippen LogP contribution is 2.56. The second-order valence-corrected chi connectivity index (χ2v) is 9.39. The van der Waals surface area contributed by atoms with Crippen LogP contribution in [0.25, 0.3) is 0 Å².